The Morgan fingerprint density at radius 3 is 2.26 bits per heavy atom. The predicted octanol–water partition coefficient (Wildman–Crippen LogP) is 7.76. The predicted molar refractivity (Wildman–Crippen MR) is 130 cm³/mol. The Bertz CT molecular complexity index is 930. The minimum Gasteiger partial charge on any atom is -0.496 e. The zero-order valence-corrected chi connectivity index (χ0v) is 19.1. The molecule has 0 radical (unpaired) electrons. The number of hydrogen-bond donors (Lipinski definition) is 0. The maximum absolute atomic E-state index is 5.90. The first-order chi connectivity index (χ1) is 15.2. The van der Waals surface area contributed by atoms with E-state index in [1.165, 1.54) is 60.8 Å². The largest absolute Gasteiger partial charge is 0.496 e. The summed E-state index contributed by atoms with van der Waals surface area (Å²) in [5, 5.41) is 0. The van der Waals surface area contributed by atoms with Crippen LogP contribution in [0.3, 0.4) is 0 Å². The number of benzene rings is 2. The minimum absolute atomic E-state index is 0.381. The molecule has 0 N–H and O–H groups in total. The van der Waals surface area contributed by atoms with Crippen molar-refractivity contribution >= 4 is 5.57 Å². The number of hydrogen-bond acceptors (Lipinski definition) is 1. The molecule has 162 valence electrons. The lowest BCUT2D eigenvalue weighted by Crippen LogP contribution is -2.48. The Morgan fingerprint density at radius 1 is 0.968 bits per heavy atom. The number of methoxy groups -OCH3 is 1. The average molecular weight is 413 g/mol. The van der Waals surface area contributed by atoms with Gasteiger partial charge < -0.3 is 4.74 Å². The monoisotopic (exact) mass is 412 g/mol. The fraction of sp³-hybridized carbons (Fsp3) is 0.467. The molecule has 4 saturated carbocycles. The molecular formula is C30H36O. The van der Waals surface area contributed by atoms with Crippen molar-refractivity contribution in [2.45, 2.75) is 63.7 Å². The van der Waals surface area contributed by atoms with Crippen LogP contribution in [0.1, 0.15) is 68.6 Å². The minimum atomic E-state index is 0.381. The zero-order valence-electron chi connectivity index (χ0n) is 19.1. The van der Waals surface area contributed by atoms with E-state index in [0.717, 1.165) is 36.3 Å². The van der Waals surface area contributed by atoms with Crippen molar-refractivity contribution in [2.24, 2.45) is 17.8 Å². The summed E-state index contributed by atoms with van der Waals surface area (Å²) in [6.07, 6.45) is 17.5. The van der Waals surface area contributed by atoms with E-state index in [9.17, 15) is 0 Å². The Balaban J connectivity index is 1.38. The van der Waals surface area contributed by atoms with Gasteiger partial charge >= 0.3 is 0 Å². The molecule has 0 heterocycles. The van der Waals surface area contributed by atoms with Gasteiger partial charge in [-0.3, -0.25) is 0 Å². The average Bonchev–Trinajstić information content (AvgIpc) is 2.78. The van der Waals surface area contributed by atoms with E-state index in [-0.39, 0.29) is 0 Å². The maximum atomic E-state index is 5.90. The second-order valence-electron chi connectivity index (χ2n) is 10.3. The van der Waals surface area contributed by atoms with Crippen LogP contribution < -0.4 is 4.74 Å². The second-order valence-corrected chi connectivity index (χ2v) is 10.3. The molecule has 0 aliphatic heterocycles. The Hall–Kier alpha value is -2.28. The summed E-state index contributed by atoms with van der Waals surface area (Å²) in [4.78, 5) is 0. The molecule has 0 amide bonds. The molecule has 0 saturated heterocycles. The van der Waals surface area contributed by atoms with Crippen LogP contribution in [-0.4, -0.2) is 7.11 Å². The molecule has 4 bridgehead atoms. The molecule has 1 heteroatoms. The van der Waals surface area contributed by atoms with E-state index in [0.29, 0.717) is 5.41 Å². The lowest BCUT2D eigenvalue weighted by molar-refractivity contribution is -0.00618. The fourth-order valence-corrected chi connectivity index (χ4v) is 7.25. The van der Waals surface area contributed by atoms with Gasteiger partial charge in [-0.25, -0.2) is 0 Å². The van der Waals surface area contributed by atoms with E-state index in [4.69, 9.17) is 4.74 Å². The third kappa shape index (κ3) is 4.12. The van der Waals surface area contributed by atoms with Gasteiger partial charge in [0.1, 0.15) is 5.75 Å². The zero-order chi connectivity index (χ0) is 21.3. The maximum Gasteiger partial charge on any atom is 0.122 e. The van der Waals surface area contributed by atoms with Gasteiger partial charge in [-0.2, -0.15) is 0 Å². The van der Waals surface area contributed by atoms with Crippen molar-refractivity contribution in [1.29, 1.82) is 0 Å². The van der Waals surface area contributed by atoms with Crippen LogP contribution in [0, 0.1) is 17.8 Å². The number of aryl methyl sites for hydroxylation is 1. The van der Waals surface area contributed by atoms with E-state index in [2.05, 4.69) is 73.7 Å². The Kier molecular flexibility index (Phi) is 5.78. The molecule has 4 aliphatic carbocycles. The first-order valence-corrected chi connectivity index (χ1v) is 12.2. The van der Waals surface area contributed by atoms with Crippen molar-refractivity contribution in [1.82, 2.24) is 0 Å². The topological polar surface area (TPSA) is 9.23 Å². The first-order valence-electron chi connectivity index (χ1n) is 12.2. The summed E-state index contributed by atoms with van der Waals surface area (Å²) in [7, 11) is 1.85. The van der Waals surface area contributed by atoms with Gasteiger partial charge in [0.2, 0.25) is 0 Å². The Morgan fingerprint density at radius 2 is 1.65 bits per heavy atom. The molecule has 0 unspecified atom stereocenters. The molecule has 2 aromatic carbocycles. The molecule has 6 rings (SSSR count). The van der Waals surface area contributed by atoms with Crippen molar-refractivity contribution < 1.29 is 4.74 Å². The molecule has 4 aliphatic rings. The van der Waals surface area contributed by atoms with Gasteiger partial charge in [-0.05, 0) is 104 Å². The highest BCUT2D eigenvalue weighted by atomic mass is 16.5. The number of allylic oxidation sites excluding steroid dienone is 4. The summed E-state index contributed by atoms with van der Waals surface area (Å²) >= 11 is 0. The molecule has 0 aromatic heterocycles. The van der Waals surface area contributed by atoms with Crippen LogP contribution in [0.5, 0.6) is 5.75 Å². The number of ether oxygens (including phenoxy) is 1. The smallest absolute Gasteiger partial charge is 0.122 e. The van der Waals surface area contributed by atoms with Gasteiger partial charge in [0, 0.05) is 5.56 Å². The third-order valence-electron chi connectivity index (χ3n) is 8.12. The highest BCUT2D eigenvalue weighted by molar-refractivity contribution is 5.73. The summed E-state index contributed by atoms with van der Waals surface area (Å²) in [6, 6.07) is 17.8. The van der Waals surface area contributed by atoms with E-state index >= 15 is 0 Å². The summed E-state index contributed by atoms with van der Waals surface area (Å²) in [6.45, 7) is 2.10. The van der Waals surface area contributed by atoms with Gasteiger partial charge in [0.05, 0.1) is 7.11 Å². The van der Waals surface area contributed by atoms with Crippen molar-refractivity contribution in [3.8, 4) is 5.75 Å². The van der Waals surface area contributed by atoms with Crippen molar-refractivity contribution in [3.05, 3.63) is 83.4 Å². The quantitative estimate of drug-likeness (QED) is 0.422. The molecule has 0 atom stereocenters. The highest BCUT2D eigenvalue weighted by Gasteiger charge is 2.52. The SMILES string of the molecule is CC=C/C(=C/CCc1ccc(OC)c(C23CC4CC(CC(C4)C2)C3)c1)c1ccccc1. The number of rotatable bonds is 7. The lowest BCUT2D eigenvalue weighted by Gasteiger charge is -2.57. The Labute approximate surface area is 188 Å². The van der Waals surface area contributed by atoms with Crippen LogP contribution in [0.2, 0.25) is 0 Å². The molecule has 2 aromatic rings. The highest BCUT2D eigenvalue weighted by Crippen LogP contribution is 2.61. The van der Waals surface area contributed by atoms with Gasteiger partial charge in [0.25, 0.3) is 0 Å². The normalized spacial score (nSPS) is 29.6. The van der Waals surface area contributed by atoms with Crippen LogP contribution in [0.25, 0.3) is 5.57 Å². The van der Waals surface area contributed by atoms with Crippen LogP contribution in [-0.2, 0) is 11.8 Å². The van der Waals surface area contributed by atoms with Gasteiger partial charge in [0.15, 0.2) is 0 Å². The summed E-state index contributed by atoms with van der Waals surface area (Å²) < 4.78 is 5.90. The van der Waals surface area contributed by atoms with Crippen molar-refractivity contribution in [3.63, 3.8) is 0 Å². The molecule has 1 nitrogen and oxygen atoms in total. The molecular weight excluding hydrogens is 376 g/mol. The van der Waals surface area contributed by atoms with Crippen LogP contribution in [0.15, 0.2) is 66.8 Å². The molecule has 4 fully saturated rings. The standard InChI is InChI=1S/C30H36O/c1-3-8-26(27-10-5-4-6-11-27)12-7-9-22-13-14-29(31-2)28(18-22)30-19-23-15-24(20-30)17-25(16-23)21-30/h3-6,8,10-14,18,23-25H,7,9,15-17,19-21H2,1-2H3/b8-3?,26-12-. The van der Waals surface area contributed by atoms with Gasteiger partial charge in [-0.1, -0.05) is 60.7 Å². The molecule has 31 heavy (non-hydrogen) atoms. The van der Waals surface area contributed by atoms with Crippen LogP contribution in [0.4, 0.5) is 0 Å². The van der Waals surface area contributed by atoms with Crippen LogP contribution >= 0.6 is 0 Å². The van der Waals surface area contributed by atoms with E-state index < -0.39 is 0 Å². The third-order valence-corrected chi connectivity index (χ3v) is 8.12. The lowest BCUT2D eigenvalue weighted by atomic mass is 9.48. The first kappa shape index (κ1) is 20.6. The summed E-state index contributed by atoms with van der Waals surface area (Å²) in [5.41, 5.74) is 5.97. The second kappa shape index (κ2) is 8.69. The van der Waals surface area contributed by atoms with E-state index in [1.54, 1.807) is 0 Å². The van der Waals surface area contributed by atoms with Gasteiger partial charge in [-0.15, -0.1) is 0 Å². The fourth-order valence-electron chi connectivity index (χ4n) is 7.25. The summed E-state index contributed by atoms with van der Waals surface area (Å²) in [5.74, 6) is 3.99. The van der Waals surface area contributed by atoms with Crippen molar-refractivity contribution in [2.75, 3.05) is 7.11 Å². The molecule has 0 spiro atoms. The van der Waals surface area contributed by atoms with E-state index in [1.807, 2.05) is 7.11 Å².